The summed E-state index contributed by atoms with van der Waals surface area (Å²) < 4.78 is 1.66. The van der Waals surface area contributed by atoms with E-state index in [9.17, 15) is 10.1 Å². The number of hydrogen-bond acceptors (Lipinski definition) is 4. The molecule has 2 amide bonds. The van der Waals surface area contributed by atoms with E-state index in [1.54, 1.807) is 4.68 Å². The van der Waals surface area contributed by atoms with E-state index in [4.69, 9.17) is 0 Å². The van der Waals surface area contributed by atoms with E-state index in [0.717, 1.165) is 56.3 Å². The predicted octanol–water partition coefficient (Wildman–Crippen LogP) is 5.15. The second-order valence-electron chi connectivity index (χ2n) is 8.35. The summed E-state index contributed by atoms with van der Waals surface area (Å²) in [7, 11) is 0. The van der Waals surface area contributed by atoms with E-state index in [0.29, 0.717) is 0 Å². The summed E-state index contributed by atoms with van der Waals surface area (Å²) in [5, 5.41) is 24.4. The Kier molecular flexibility index (Phi) is 7.45. The molecule has 0 radical (unpaired) electrons. The van der Waals surface area contributed by atoms with Gasteiger partial charge in [0.2, 0.25) is 0 Å². The van der Waals surface area contributed by atoms with E-state index in [-0.39, 0.29) is 18.0 Å². The van der Waals surface area contributed by atoms with Crippen molar-refractivity contribution in [2.45, 2.75) is 76.8 Å². The number of carbonyl (C=O) groups excluding carboxylic acids is 1. The Labute approximate surface area is 178 Å². The van der Waals surface area contributed by atoms with E-state index in [1.165, 1.54) is 6.42 Å². The Morgan fingerprint density at radius 1 is 1.30 bits per heavy atom. The molecule has 2 aromatic rings. The largest absolute Gasteiger partial charge is 0.327 e. The first kappa shape index (κ1) is 21.8. The summed E-state index contributed by atoms with van der Waals surface area (Å²) in [6.45, 7) is 4.14. The summed E-state index contributed by atoms with van der Waals surface area (Å²) >= 11 is 0. The fraction of sp³-hybridized carbons (Fsp3) is 0.565. The van der Waals surface area contributed by atoms with Crippen molar-refractivity contribution in [2.24, 2.45) is 5.92 Å². The molecule has 1 saturated carbocycles. The molecule has 160 valence electrons. The molecular weight excluding hydrogens is 376 g/mol. The molecule has 1 aromatic heterocycles. The summed E-state index contributed by atoms with van der Waals surface area (Å²) in [6, 6.07) is 11.2. The minimum Gasteiger partial charge on any atom is -0.327 e. The average Bonchev–Trinajstić information content (AvgIpc) is 3.26. The molecule has 1 heterocycles. The smallest absolute Gasteiger partial charge is 0.319 e. The highest BCUT2D eigenvalue weighted by Gasteiger charge is 2.40. The van der Waals surface area contributed by atoms with Crippen molar-refractivity contribution in [3.05, 3.63) is 42.2 Å². The van der Waals surface area contributed by atoms with Gasteiger partial charge in [-0.05, 0) is 44.2 Å². The number of amides is 2. The molecule has 1 aliphatic rings. The number of carbonyl (C=O) groups is 1. The molecule has 7 heteroatoms. The summed E-state index contributed by atoms with van der Waals surface area (Å²) in [5.74, 6) is 0.272. The van der Waals surface area contributed by atoms with Crippen LogP contribution in [-0.2, 0) is 5.54 Å². The Hall–Kier alpha value is -2.88. The van der Waals surface area contributed by atoms with Crippen LogP contribution in [0, 0.1) is 17.2 Å². The molecule has 0 saturated heterocycles. The van der Waals surface area contributed by atoms with Crippen molar-refractivity contribution in [1.82, 2.24) is 20.3 Å². The average molecular weight is 409 g/mol. The molecule has 0 bridgehead atoms. The van der Waals surface area contributed by atoms with Gasteiger partial charge in [0.1, 0.15) is 11.7 Å². The van der Waals surface area contributed by atoms with Gasteiger partial charge < -0.3 is 10.6 Å². The summed E-state index contributed by atoms with van der Waals surface area (Å²) in [5.41, 5.74) is 0.811. The van der Waals surface area contributed by atoms with E-state index < -0.39 is 5.54 Å². The number of nitriles is 1. The first-order valence-electron chi connectivity index (χ1n) is 11.0. The molecule has 1 aromatic carbocycles. The van der Waals surface area contributed by atoms with Gasteiger partial charge in [-0.3, -0.25) is 0 Å². The molecule has 1 aliphatic carbocycles. The Morgan fingerprint density at radius 3 is 2.70 bits per heavy atom. The zero-order chi connectivity index (χ0) is 21.4. The van der Waals surface area contributed by atoms with Crippen LogP contribution in [0.1, 0.15) is 76.9 Å². The van der Waals surface area contributed by atoms with Gasteiger partial charge in [0.15, 0.2) is 0 Å². The van der Waals surface area contributed by atoms with Gasteiger partial charge in [0.05, 0.1) is 17.8 Å². The number of anilines is 1. The Balaban J connectivity index is 1.83. The number of aromatic nitrogens is 3. The van der Waals surface area contributed by atoms with Crippen molar-refractivity contribution < 1.29 is 4.79 Å². The third-order valence-electron chi connectivity index (χ3n) is 6.17. The van der Waals surface area contributed by atoms with Crippen LogP contribution in [0.2, 0.25) is 0 Å². The maximum absolute atomic E-state index is 12.9. The van der Waals surface area contributed by atoms with Crippen molar-refractivity contribution in [3.63, 3.8) is 0 Å². The van der Waals surface area contributed by atoms with Crippen LogP contribution in [0.25, 0.3) is 0 Å². The number of unbranched alkanes of at least 4 members (excludes halogenated alkanes) is 1. The highest BCUT2D eigenvalue weighted by Crippen LogP contribution is 2.38. The Bertz CT molecular complexity index is 852. The minimum absolute atomic E-state index is 0.258. The van der Waals surface area contributed by atoms with Gasteiger partial charge >= 0.3 is 6.03 Å². The molecule has 3 rings (SSSR count). The monoisotopic (exact) mass is 408 g/mol. The molecule has 0 aliphatic heterocycles. The summed E-state index contributed by atoms with van der Waals surface area (Å²) in [6.07, 6.45) is 10.2. The number of rotatable bonds is 8. The fourth-order valence-electron chi connectivity index (χ4n) is 4.30. The minimum atomic E-state index is -0.651. The molecule has 0 spiro atoms. The number of nitrogens with one attached hydrogen (secondary N) is 2. The lowest BCUT2D eigenvalue weighted by atomic mass is 9.74. The third-order valence-corrected chi connectivity index (χ3v) is 6.17. The number of hydrogen-bond donors (Lipinski definition) is 2. The van der Waals surface area contributed by atoms with Crippen LogP contribution in [-0.4, -0.2) is 21.0 Å². The first-order valence-corrected chi connectivity index (χ1v) is 11.0. The molecule has 2 unspecified atom stereocenters. The molecule has 1 fully saturated rings. The molecule has 30 heavy (non-hydrogen) atoms. The van der Waals surface area contributed by atoms with Crippen molar-refractivity contribution in [3.8, 4) is 6.07 Å². The maximum atomic E-state index is 12.9. The lowest BCUT2D eigenvalue weighted by Gasteiger charge is -2.39. The Morgan fingerprint density at radius 2 is 2.03 bits per heavy atom. The van der Waals surface area contributed by atoms with E-state index >= 15 is 0 Å². The number of nitrogens with zero attached hydrogens (tertiary/aromatic N) is 4. The standard InChI is InChI=1S/C23H32N6O/c1-3-4-15-20(16-24)29-17-21(27-28-29)23(2,18-11-7-5-8-12-18)26-22(30)25-19-13-9-6-10-14-19/h6,9-10,13-14,17-18,20H,3-5,7-8,11-12,15H2,1-2H3,(H2,25,26,30). The fourth-order valence-corrected chi connectivity index (χ4v) is 4.30. The molecular formula is C23H32N6O. The van der Waals surface area contributed by atoms with Crippen molar-refractivity contribution in [2.75, 3.05) is 5.32 Å². The van der Waals surface area contributed by atoms with Crippen LogP contribution in [0.15, 0.2) is 36.5 Å². The molecule has 7 nitrogen and oxygen atoms in total. The SMILES string of the molecule is CCCCC(C#N)n1cc(C(C)(NC(=O)Nc2ccccc2)C2CCCCC2)nn1. The van der Waals surface area contributed by atoms with Crippen molar-refractivity contribution >= 4 is 11.7 Å². The van der Waals surface area contributed by atoms with Crippen LogP contribution in [0.3, 0.4) is 0 Å². The van der Waals surface area contributed by atoms with Gasteiger partial charge in [0, 0.05) is 5.69 Å². The highest BCUT2D eigenvalue weighted by atomic mass is 16.2. The normalized spacial score (nSPS) is 17.5. The summed E-state index contributed by atoms with van der Waals surface area (Å²) in [4.78, 5) is 12.9. The highest BCUT2D eigenvalue weighted by molar-refractivity contribution is 5.89. The number of benzene rings is 1. The number of para-hydroxylation sites is 1. The maximum Gasteiger partial charge on any atom is 0.319 e. The zero-order valence-corrected chi connectivity index (χ0v) is 18.0. The van der Waals surface area contributed by atoms with E-state index in [2.05, 4.69) is 33.9 Å². The van der Waals surface area contributed by atoms with Crippen LogP contribution in [0.5, 0.6) is 0 Å². The topological polar surface area (TPSA) is 95.6 Å². The molecule has 2 N–H and O–H groups in total. The van der Waals surface area contributed by atoms with Gasteiger partial charge in [-0.15, -0.1) is 5.10 Å². The lowest BCUT2D eigenvalue weighted by Crippen LogP contribution is -2.51. The van der Waals surface area contributed by atoms with Gasteiger partial charge in [-0.25, -0.2) is 9.48 Å². The van der Waals surface area contributed by atoms with Crippen LogP contribution in [0.4, 0.5) is 10.5 Å². The quantitative estimate of drug-likeness (QED) is 0.631. The molecule has 2 atom stereocenters. The van der Waals surface area contributed by atoms with Crippen molar-refractivity contribution in [1.29, 1.82) is 5.26 Å². The van der Waals surface area contributed by atoms with Crippen LogP contribution < -0.4 is 10.6 Å². The van der Waals surface area contributed by atoms with Gasteiger partial charge in [-0.1, -0.05) is 62.4 Å². The van der Waals surface area contributed by atoms with Crippen LogP contribution >= 0.6 is 0 Å². The second kappa shape index (κ2) is 10.2. The van der Waals surface area contributed by atoms with Gasteiger partial charge in [-0.2, -0.15) is 5.26 Å². The lowest BCUT2D eigenvalue weighted by molar-refractivity contribution is 0.174. The number of urea groups is 1. The zero-order valence-electron chi connectivity index (χ0n) is 18.0. The third kappa shape index (κ3) is 5.18. The van der Waals surface area contributed by atoms with E-state index in [1.807, 2.05) is 43.5 Å². The first-order chi connectivity index (χ1) is 14.6. The predicted molar refractivity (Wildman–Crippen MR) is 117 cm³/mol. The second-order valence-corrected chi connectivity index (χ2v) is 8.35. The van der Waals surface area contributed by atoms with Gasteiger partial charge in [0.25, 0.3) is 0 Å².